The normalized spacial score (nSPS) is 10.7. The fourth-order valence-corrected chi connectivity index (χ4v) is 3.68. The first-order chi connectivity index (χ1) is 15.3. The molecule has 0 atom stereocenters. The zero-order valence-corrected chi connectivity index (χ0v) is 18.2. The second-order valence-electron chi connectivity index (χ2n) is 7.89. The van der Waals surface area contributed by atoms with Gasteiger partial charge in [0.1, 0.15) is 23.0 Å². The molecule has 0 bridgehead atoms. The van der Waals surface area contributed by atoms with E-state index in [0.29, 0.717) is 28.6 Å². The molecule has 0 saturated carbocycles. The van der Waals surface area contributed by atoms with E-state index in [9.17, 15) is 15.3 Å². The molecule has 32 heavy (non-hydrogen) atoms. The Balaban J connectivity index is 1.90. The lowest BCUT2D eigenvalue weighted by atomic mass is 10.1. The van der Waals surface area contributed by atoms with Crippen molar-refractivity contribution in [3.63, 3.8) is 0 Å². The van der Waals surface area contributed by atoms with Gasteiger partial charge in [0.05, 0.1) is 17.1 Å². The van der Waals surface area contributed by atoms with Gasteiger partial charge in [-0.05, 0) is 86.0 Å². The minimum atomic E-state index is 0.0768. The average Bonchev–Trinajstić information content (AvgIpc) is 2.71. The molecule has 0 fully saturated rings. The SMILES string of the molecule is Cc1cc(O)cc(Oc2ccccc2N(c2ccc(C)cc2O)c2ccc(C)cc2O)c1. The number of aromatic hydroxyl groups is 3. The fourth-order valence-electron chi connectivity index (χ4n) is 3.68. The predicted molar refractivity (Wildman–Crippen MR) is 127 cm³/mol. The number of aryl methyl sites for hydroxylation is 3. The first-order valence-corrected chi connectivity index (χ1v) is 10.3. The Bertz CT molecular complexity index is 1210. The van der Waals surface area contributed by atoms with Crippen molar-refractivity contribution < 1.29 is 20.1 Å². The van der Waals surface area contributed by atoms with E-state index >= 15 is 0 Å². The summed E-state index contributed by atoms with van der Waals surface area (Å²) in [5.74, 6) is 1.25. The van der Waals surface area contributed by atoms with E-state index in [0.717, 1.165) is 16.7 Å². The summed E-state index contributed by atoms with van der Waals surface area (Å²) in [6.07, 6.45) is 0. The Kier molecular flexibility index (Phi) is 5.65. The minimum absolute atomic E-state index is 0.0768. The molecule has 0 spiro atoms. The average molecular weight is 428 g/mol. The number of anilines is 3. The molecule has 4 aromatic rings. The molecule has 0 heterocycles. The van der Waals surface area contributed by atoms with Crippen LogP contribution in [-0.2, 0) is 0 Å². The van der Waals surface area contributed by atoms with Gasteiger partial charge < -0.3 is 20.1 Å². The number of rotatable bonds is 5. The number of hydrogen-bond acceptors (Lipinski definition) is 5. The van der Waals surface area contributed by atoms with Crippen LogP contribution in [0.3, 0.4) is 0 Å². The largest absolute Gasteiger partial charge is 0.508 e. The summed E-state index contributed by atoms with van der Waals surface area (Å²) in [6.45, 7) is 5.68. The summed E-state index contributed by atoms with van der Waals surface area (Å²) in [4.78, 5) is 1.76. The Labute approximate surface area is 187 Å². The molecule has 4 rings (SSSR count). The Morgan fingerprint density at radius 2 is 1.19 bits per heavy atom. The topological polar surface area (TPSA) is 73.2 Å². The third kappa shape index (κ3) is 4.32. The quantitative estimate of drug-likeness (QED) is 0.320. The maximum absolute atomic E-state index is 10.8. The van der Waals surface area contributed by atoms with Crippen LogP contribution in [0.2, 0.25) is 0 Å². The van der Waals surface area contributed by atoms with Crippen LogP contribution < -0.4 is 9.64 Å². The zero-order valence-electron chi connectivity index (χ0n) is 18.2. The summed E-state index contributed by atoms with van der Waals surface area (Å²) < 4.78 is 6.16. The molecule has 0 aromatic heterocycles. The monoisotopic (exact) mass is 427 g/mol. The summed E-state index contributed by atoms with van der Waals surface area (Å²) in [5.41, 5.74) is 4.31. The first kappa shape index (κ1) is 21.1. The molecular weight excluding hydrogens is 402 g/mol. The van der Waals surface area contributed by atoms with Gasteiger partial charge in [-0.3, -0.25) is 4.90 Å². The fraction of sp³-hybridized carbons (Fsp3) is 0.111. The number of para-hydroxylation sites is 2. The van der Waals surface area contributed by atoms with Gasteiger partial charge in [0.2, 0.25) is 0 Å². The molecule has 0 saturated heterocycles. The number of phenolic OH excluding ortho intramolecular Hbond substituents is 3. The molecule has 3 N–H and O–H groups in total. The van der Waals surface area contributed by atoms with E-state index < -0.39 is 0 Å². The minimum Gasteiger partial charge on any atom is -0.508 e. The summed E-state index contributed by atoms with van der Waals surface area (Å²) >= 11 is 0. The molecule has 162 valence electrons. The van der Waals surface area contributed by atoms with Gasteiger partial charge in [-0.15, -0.1) is 0 Å². The van der Waals surface area contributed by atoms with Crippen LogP contribution in [0, 0.1) is 20.8 Å². The second-order valence-corrected chi connectivity index (χ2v) is 7.89. The van der Waals surface area contributed by atoms with E-state index in [1.807, 2.05) is 57.2 Å². The standard InChI is InChI=1S/C27H25NO4/c1-17-8-10-22(25(30)14-17)28(23-11-9-18(2)15-26(23)31)24-6-4-5-7-27(24)32-21-13-19(3)12-20(29)16-21/h4-16,29-31H,1-3H3. The van der Waals surface area contributed by atoms with E-state index in [1.54, 1.807) is 47.4 Å². The van der Waals surface area contributed by atoms with Crippen LogP contribution in [-0.4, -0.2) is 15.3 Å². The molecule has 0 aliphatic heterocycles. The maximum atomic E-state index is 10.8. The highest BCUT2D eigenvalue weighted by atomic mass is 16.5. The Morgan fingerprint density at radius 3 is 1.75 bits per heavy atom. The summed E-state index contributed by atoms with van der Waals surface area (Å²) in [5, 5.41) is 31.5. The van der Waals surface area contributed by atoms with Gasteiger partial charge in [0.15, 0.2) is 5.75 Å². The van der Waals surface area contributed by atoms with Crippen LogP contribution >= 0.6 is 0 Å². The summed E-state index contributed by atoms with van der Waals surface area (Å²) in [6, 6.07) is 23.1. The third-order valence-corrected chi connectivity index (χ3v) is 5.11. The zero-order chi connectivity index (χ0) is 22.8. The van der Waals surface area contributed by atoms with Gasteiger partial charge in [-0.25, -0.2) is 0 Å². The second kappa shape index (κ2) is 8.55. The van der Waals surface area contributed by atoms with E-state index in [2.05, 4.69) is 0 Å². The van der Waals surface area contributed by atoms with E-state index in [4.69, 9.17) is 4.74 Å². The maximum Gasteiger partial charge on any atom is 0.151 e. The molecule has 0 aliphatic carbocycles. The molecule has 5 heteroatoms. The molecule has 4 aromatic carbocycles. The van der Waals surface area contributed by atoms with Gasteiger partial charge in [0, 0.05) is 6.07 Å². The first-order valence-electron chi connectivity index (χ1n) is 10.3. The van der Waals surface area contributed by atoms with Crippen LogP contribution in [0.4, 0.5) is 17.1 Å². The highest BCUT2D eigenvalue weighted by Crippen LogP contribution is 2.47. The van der Waals surface area contributed by atoms with Gasteiger partial charge in [-0.1, -0.05) is 24.3 Å². The number of hydrogen-bond donors (Lipinski definition) is 3. The van der Waals surface area contributed by atoms with Crippen LogP contribution in [0.15, 0.2) is 78.9 Å². The van der Waals surface area contributed by atoms with Crippen molar-refractivity contribution in [2.75, 3.05) is 4.90 Å². The number of nitrogens with zero attached hydrogens (tertiary/aromatic N) is 1. The lowest BCUT2D eigenvalue weighted by molar-refractivity contribution is 0.454. The van der Waals surface area contributed by atoms with Crippen molar-refractivity contribution in [1.29, 1.82) is 0 Å². The van der Waals surface area contributed by atoms with Crippen molar-refractivity contribution in [3.8, 4) is 28.7 Å². The van der Waals surface area contributed by atoms with Crippen molar-refractivity contribution in [2.45, 2.75) is 20.8 Å². The van der Waals surface area contributed by atoms with Crippen LogP contribution in [0.1, 0.15) is 16.7 Å². The van der Waals surface area contributed by atoms with Crippen molar-refractivity contribution in [3.05, 3.63) is 95.6 Å². The molecule has 0 unspecified atom stereocenters. The van der Waals surface area contributed by atoms with Crippen molar-refractivity contribution in [1.82, 2.24) is 0 Å². The number of phenols is 3. The molecular formula is C27H25NO4. The highest BCUT2D eigenvalue weighted by Gasteiger charge is 2.22. The molecule has 0 aliphatic rings. The van der Waals surface area contributed by atoms with Gasteiger partial charge in [-0.2, -0.15) is 0 Å². The summed E-state index contributed by atoms with van der Waals surface area (Å²) in [7, 11) is 0. The van der Waals surface area contributed by atoms with E-state index in [-0.39, 0.29) is 17.2 Å². The predicted octanol–water partition coefficient (Wildman–Crippen LogP) is 6.99. The van der Waals surface area contributed by atoms with Gasteiger partial charge >= 0.3 is 0 Å². The lowest BCUT2D eigenvalue weighted by Crippen LogP contribution is -2.11. The van der Waals surface area contributed by atoms with Crippen LogP contribution in [0.25, 0.3) is 0 Å². The smallest absolute Gasteiger partial charge is 0.151 e. The molecule has 0 radical (unpaired) electrons. The molecule has 5 nitrogen and oxygen atoms in total. The lowest BCUT2D eigenvalue weighted by Gasteiger charge is -2.28. The van der Waals surface area contributed by atoms with E-state index in [1.165, 1.54) is 0 Å². The number of benzene rings is 4. The Hall–Kier alpha value is -4.12. The molecule has 0 amide bonds. The highest BCUT2D eigenvalue weighted by molar-refractivity contribution is 5.85. The van der Waals surface area contributed by atoms with Crippen molar-refractivity contribution >= 4 is 17.1 Å². The van der Waals surface area contributed by atoms with Crippen molar-refractivity contribution in [2.24, 2.45) is 0 Å². The Morgan fingerprint density at radius 1 is 0.594 bits per heavy atom. The van der Waals surface area contributed by atoms with Gasteiger partial charge in [0.25, 0.3) is 0 Å². The van der Waals surface area contributed by atoms with Crippen LogP contribution in [0.5, 0.6) is 28.7 Å². The number of ether oxygens (including phenoxy) is 1. The third-order valence-electron chi connectivity index (χ3n) is 5.11.